The predicted octanol–water partition coefficient (Wildman–Crippen LogP) is 3.19. The van der Waals surface area contributed by atoms with Crippen LogP contribution in [0.4, 0.5) is 0 Å². The standard InChI is InChI=1S/C14H13ClN4OS/c1-2-3-21-14-18-11(13(20)19-14)4-8-6-16-12-10(8)5-9(15)7-17-12/h4-7H,2-3H2,1H3,(H,16,17)(H,18,19,20)/b11-4-. The molecule has 3 rings (SSSR count). The Balaban J connectivity index is 1.94. The third-order valence-electron chi connectivity index (χ3n) is 2.94. The summed E-state index contributed by atoms with van der Waals surface area (Å²) in [7, 11) is 0. The second-order valence-corrected chi connectivity index (χ2v) is 6.06. The van der Waals surface area contributed by atoms with E-state index in [0.29, 0.717) is 15.9 Å². The molecule has 0 spiro atoms. The molecule has 0 unspecified atom stereocenters. The molecule has 0 aliphatic carbocycles. The summed E-state index contributed by atoms with van der Waals surface area (Å²) in [6, 6.07) is 1.82. The van der Waals surface area contributed by atoms with E-state index in [2.05, 4.69) is 27.2 Å². The van der Waals surface area contributed by atoms with Crippen molar-refractivity contribution in [1.29, 1.82) is 0 Å². The number of nitrogens with zero attached hydrogens (tertiary/aromatic N) is 2. The number of aromatic nitrogens is 2. The average Bonchev–Trinajstić information content (AvgIpc) is 3.01. The Morgan fingerprint density at radius 3 is 3.14 bits per heavy atom. The van der Waals surface area contributed by atoms with Crippen molar-refractivity contribution in [3.63, 3.8) is 0 Å². The first-order valence-electron chi connectivity index (χ1n) is 6.54. The first kappa shape index (κ1) is 14.2. The number of aromatic amines is 1. The lowest BCUT2D eigenvalue weighted by Crippen LogP contribution is -2.21. The molecule has 0 radical (unpaired) electrons. The highest BCUT2D eigenvalue weighted by Gasteiger charge is 2.20. The number of aliphatic imine (C=N–C) groups is 1. The van der Waals surface area contributed by atoms with Crippen LogP contribution >= 0.6 is 23.4 Å². The third-order valence-corrected chi connectivity index (χ3v) is 4.23. The fourth-order valence-corrected chi connectivity index (χ4v) is 2.86. The Bertz CT molecular complexity index is 765. The summed E-state index contributed by atoms with van der Waals surface area (Å²) in [5, 5.41) is 4.85. The molecule has 5 nitrogen and oxygen atoms in total. The van der Waals surface area contributed by atoms with Crippen molar-refractivity contribution < 1.29 is 4.79 Å². The zero-order valence-corrected chi connectivity index (χ0v) is 12.9. The van der Waals surface area contributed by atoms with E-state index in [0.717, 1.165) is 28.8 Å². The minimum Gasteiger partial charge on any atom is -0.346 e. The van der Waals surface area contributed by atoms with Crippen molar-refractivity contribution in [1.82, 2.24) is 15.3 Å². The van der Waals surface area contributed by atoms with Crippen molar-refractivity contribution >= 4 is 51.5 Å². The third kappa shape index (κ3) is 2.96. The van der Waals surface area contributed by atoms with Crippen LogP contribution in [-0.4, -0.2) is 26.8 Å². The predicted molar refractivity (Wildman–Crippen MR) is 87.4 cm³/mol. The highest BCUT2D eigenvalue weighted by Crippen LogP contribution is 2.24. The van der Waals surface area contributed by atoms with E-state index in [4.69, 9.17) is 11.6 Å². The maximum Gasteiger partial charge on any atom is 0.275 e. The minimum atomic E-state index is -0.182. The van der Waals surface area contributed by atoms with Gasteiger partial charge in [0.2, 0.25) is 0 Å². The molecule has 1 amide bonds. The van der Waals surface area contributed by atoms with E-state index in [-0.39, 0.29) is 5.91 Å². The second-order valence-electron chi connectivity index (χ2n) is 4.54. The molecule has 1 aliphatic heterocycles. The molecule has 1 aliphatic rings. The van der Waals surface area contributed by atoms with Gasteiger partial charge in [0, 0.05) is 29.1 Å². The molecule has 3 heterocycles. The molecular formula is C14H13ClN4OS. The zero-order chi connectivity index (χ0) is 14.8. The second kappa shape index (κ2) is 5.91. The molecular weight excluding hydrogens is 308 g/mol. The number of amides is 1. The molecule has 2 aromatic heterocycles. The number of amidine groups is 1. The molecule has 0 bridgehead atoms. The van der Waals surface area contributed by atoms with Crippen LogP contribution < -0.4 is 5.32 Å². The van der Waals surface area contributed by atoms with Gasteiger partial charge < -0.3 is 4.98 Å². The molecule has 2 N–H and O–H groups in total. The maximum absolute atomic E-state index is 11.9. The number of fused-ring (bicyclic) bond motifs is 1. The normalized spacial score (nSPS) is 16.6. The van der Waals surface area contributed by atoms with Gasteiger partial charge in [-0.3, -0.25) is 10.1 Å². The fourth-order valence-electron chi connectivity index (χ4n) is 1.98. The van der Waals surface area contributed by atoms with Gasteiger partial charge in [0.1, 0.15) is 11.3 Å². The summed E-state index contributed by atoms with van der Waals surface area (Å²) in [6.07, 6.45) is 6.15. The van der Waals surface area contributed by atoms with Crippen molar-refractivity contribution in [2.75, 3.05) is 5.75 Å². The lowest BCUT2D eigenvalue weighted by molar-refractivity contribution is -0.115. The van der Waals surface area contributed by atoms with E-state index >= 15 is 0 Å². The number of H-pyrrole nitrogens is 1. The SMILES string of the molecule is CCCSC1=N/C(=C\c2c[nH]c3ncc(Cl)cc23)C(=O)N1. The monoisotopic (exact) mass is 320 g/mol. The van der Waals surface area contributed by atoms with Crippen LogP contribution in [0.2, 0.25) is 5.02 Å². The van der Waals surface area contributed by atoms with Gasteiger partial charge in [-0.1, -0.05) is 30.3 Å². The highest BCUT2D eigenvalue weighted by atomic mass is 35.5. The van der Waals surface area contributed by atoms with Gasteiger partial charge in [-0.05, 0) is 18.6 Å². The number of rotatable bonds is 3. The summed E-state index contributed by atoms with van der Waals surface area (Å²) in [4.78, 5) is 23.5. The highest BCUT2D eigenvalue weighted by molar-refractivity contribution is 8.13. The molecule has 0 fully saturated rings. The molecule has 108 valence electrons. The largest absolute Gasteiger partial charge is 0.346 e. The van der Waals surface area contributed by atoms with Crippen LogP contribution in [0.25, 0.3) is 17.1 Å². The Morgan fingerprint density at radius 2 is 2.33 bits per heavy atom. The summed E-state index contributed by atoms with van der Waals surface area (Å²) < 4.78 is 0. The molecule has 21 heavy (non-hydrogen) atoms. The quantitative estimate of drug-likeness (QED) is 0.853. The lowest BCUT2D eigenvalue weighted by atomic mass is 10.2. The van der Waals surface area contributed by atoms with Crippen LogP contribution in [0.15, 0.2) is 29.1 Å². The van der Waals surface area contributed by atoms with E-state index in [1.54, 1.807) is 30.2 Å². The van der Waals surface area contributed by atoms with Crippen molar-refractivity contribution in [3.05, 3.63) is 34.7 Å². The van der Waals surface area contributed by atoms with Crippen molar-refractivity contribution in [2.24, 2.45) is 4.99 Å². The Morgan fingerprint density at radius 1 is 1.48 bits per heavy atom. The number of hydrogen-bond acceptors (Lipinski definition) is 4. The molecule has 0 atom stereocenters. The molecule has 0 saturated heterocycles. The maximum atomic E-state index is 11.9. The van der Waals surface area contributed by atoms with E-state index < -0.39 is 0 Å². The first-order chi connectivity index (χ1) is 10.2. The van der Waals surface area contributed by atoms with Gasteiger partial charge in [-0.25, -0.2) is 9.98 Å². The Hall–Kier alpha value is -1.79. The lowest BCUT2D eigenvalue weighted by Gasteiger charge is -1.96. The van der Waals surface area contributed by atoms with Gasteiger partial charge in [0.15, 0.2) is 5.17 Å². The van der Waals surface area contributed by atoms with Gasteiger partial charge in [0.25, 0.3) is 5.91 Å². The topological polar surface area (TPSA) is 70.1 Å². The first-order valence-corrected chi connectivity index (χ1v) is 7.91. The number of nitrogens with one attached hydrogen (secondary N) is 2. The van der Waals surface area contributed by atoms with Crippen molar-refractivity contribution in [2.45, 2.75) is 13.3 Å². The molecule has 0 aromatic carbocycles. The zero-order valence-electron chi connectivity index (χ0n) is 11.3. The Kier molecular flexibility index (Phi) is 3.98. The molecule has 0 saturated carbocycles. The van der Waals surface area contributed by atoms with Gasteiger partial charge in [-0.2, -0.15) is 0 Å². The summed E-state index contributed by atoms with van der Waals surface area (Å²) >= 11 is 7.51. The fraction of sp³-hybridized carbons (Fsp3) is 0.214. The number of thioether (sulfide) groups is 1. The number of carbonyl (C=O) groups is 1. The number of carbonyl (C=O) groups excluding carboxylic acids is 1. The van der Waals surface area contributed by atoms with Crippen LogP contribution in [0.3, 0.4) is 0 Å². The van der Waals surface area contributed by atoms with Crippen LogP contribution in [0.1, 0.15) is 18.9 Å². The molecule has 7 heteroatoms. The summed E-state index contributed by atoms with van der Waals surface area (Å²) in [6.45, 7) is 2.09. The van der Waals surface area contributed by atoms with Gasteiger partial charge in [-0.15, -0.1) is 0 Å². The van der Waals surface area contributed by atoms with Crippen LogP contribution in [-0.2, 0) is 4.79 Å². The minimum absolute atomic E-state index is 0.182. The van der Waals surface area contributed by atoms with E-state index in [9.17, 15) is 4.79 Å². The van der Waals surface area contributed by atoms with Gasteiger partial charge >= 0.3 is 0 Å². The smallest absolute Gasteiger partial charge is 0.275 e. The summed E-state index contributed by atoms with van der Waals surface area (Å²) in [5.74, 6) is 0.747. The molecule has 2 aromatic rings. The number of pyridine rings is 1. The van der Waals surface area contributed by atoms with E-state index in [1.807, 2.05) is 6.07 Å². The number of hydrogen-bond donors (Lipinski definition) is 2. The average molecular weight is 321 g/mol. The van der Waals surface area contributed by atoms with Crippen molar-refractivity contribution in [3.8, 4) is 0 Å². The summed E-state index contributed by atoms with van der Waals surface area (Å²) in [5.41, 5.74) is 1.97. The number of halogens is 1. The van der Waals surface area contributed by atoms with Crippen LogP contribution in [0.5, 0.6) is 0 Å². The van der Waals surface area contributed by atoms with Crippen LogP contribution in [0, 0.1) is 0 Å². The Labute approximate surface area is 130 Å². The van der Waals surface area contributed by atoms with E-state index in [1.165, 1.54) is 0 Å². The van der Waals surface area contributed by atoms with Gasteiger partial charge in [0.05, 0.1) is 5.02 Å².